The second kappa shape index (κ2) is 5.87. The molecule has 1 aliphatic carbocycles. The van der Waals surface area contributed by atoms with Gasteiger partial charge in [-0.2, -0.15) is 5.10 Å². The molecule has 0 spiro atoms. The van der Waals surface area contributed by atoms with Crippen LogP contribution in [0.1, 0.15) is 45.0 Å². The van der Waals surface area contributed by atoms with E-state index in [1.165, 1.54) is 18.5 Å². The highest BCUT2D eigenvalue weighted by Crippen LogP contribution is 2.22. The number of aromatic nitrogens is 2. The third kappa shape index (κ3) is 3.58. The van der Waals surface area contributed by atoms with Gasteiger partial charge in [0.1, 0.15) is 0 Å². The Morgan fingerprint density at radius 1 is 1.44 bits per heavy atom. The number of hydrogen-bond acceptors (Lipinski definition) is 2. The van der Waals surface area contributed by atoms with Crippen molar-refractivity contribution in [2.75, 3.05) is 6.54 Å². The fourth-order valence-corrected chi connectivity index (χ4v) is 2.45. The second-order valence-corrected chi connectivity index (χ2v) is 5.98. The first-order chi connectivity index (χ1) is 8.60. The van der Waals surface area contributed by atoms with Crippen LogP contribution in [0.3, 0.4) is 0 Å². The molecule has 102 valence electrons. The zero-order valence-corrected chi connectivity index (χ0v) is 12.2. The Kier molecular flexibility index (Phi) is 4.44. The third-order valence-electron chi connectivity index (χ3n) is 3.95. The topological polar surface area (TPSA) is 29.9 Å². The van der Waals surface area contributed by atoms with E-state index in [0.717, 1.165) is 37.2 Å². The van der Waals surface area contributed by atoms with Crippen LogP contribution in [-0.2, 0) is 13.0 Å². The molecule has 3 nitrogen and oxygen atoms in total. The molecule has 0 saturated heterocycles. The Morgan fingerprint density at radius 2 is 2.17 bits per heavy atom. The van der Waals surface area contributed by atoms with E-state index in [9.17, 15) is 0 Å². The number of hydrogen-bond donors (Lipinski definition) is 1. The predicted molar refractivity (Wildman–Crippen MR) is 75.7 cm³/mol. The molecule has 0 aliphatic heterocycles. The quantitative estimate of drug-likeness (QED) is 0.805. The molecule has 1 unspecified atom stereocenters. The minimum absolute atomic E-state index is 0.715. The minimum Gasteiger partial charge on any atom is -0.314 e. The minimum atomic E-state index is 0.715. The first-order valence-corrected chi connectivity index (χ1v) is 7.36. The molecular weight excluding hydrogens is 222 g/mol. The van der Waals surface area contributed by atoms with E-state index < -0.39 is 0 Å². The molecule has 1 fully saturated rings. The van der Waals surface area contributed by atoms with Crippen LogP contribution in [0.2, 0.25) is 0 Å². The molecule has 0 aromatic carbocycles. The van der Waals surface area contributed by atoms with E-state index >= 15 is 0 Å². The Balaban J connectivity index is 1.97. The van der Waals surface area contributed by atoms with Crippen molar-refractivity contribution in [3.8, 4) is 0 Å². The zero-order chi connectivity index (χ0) is 13.1. The lowest BCUT2D eigenvalue weighted by molar-refractivity contribution is 0.350. The summed E-state index contributed by atoms with van der Waals surface area (Å²) in [5.41, 5.74) is 2.54. The summed E-state index contributed by atoms with van der Waals surface area (Å²) in [5, 5.41) is 8.22. The van der Waals surface area contributed by atoms with E-state index in [4.69, 9.17) is 0 Å². The zero-order valence-electron chi connectivity index (χ0n) is 12.2. The summed E-state index contributed by atoms with van der Waals surface area (Å²) in [6.07, 6.45) is 3.89. The Labute approximate surface area is 111 Å². The van der Waals surface area contributed by atoms with Gasteiger partial charge < -0.3 is 5.32 Å². The molecule has 1 N–H and O–H groups in total. The van der Waals surface area contributed by atoms with Gasteiger partial charge in [0.2, 0.25) is 0 Å². The van der Waals surface area contributed by atoms with Crippen LogP contribution in [0.15, 0.2) is 6.07 Å². The van der Waals surface area contributed by atoms with Gasteiger partial charge in [0.05, 0.1) is 5.69 Å². The van der Waals surface area contributed by atoms with Crippen molar-refractivity contribution >= 4 is 0 Å². The standard InChI is InChI=1S/C15H27N3/c1-5-18-15(8-12(4)17-18)9-13(11(2)3)10-16-14-6-7-14/h8,11,13-14,16H,5-7,9-10H2,1-4H3. The van der Waals surface area contributed by atoms with Gasteiger partial charge in [-0.15, -0.1) is 0 Å². The Hall–Kier alpha value is -0.830. The fourth-order valence-electron chi connectivity index (χ4n) is 2.45. The maximum absolute atomic E-state index is 4.55. The first kappa shape index (κ1) is 13.6. The van der Waals surface area contributed by atoms with E-state index in [1.807, 2.05) is 0 Å². The summed E-state index contributed by atoms with van der Waals surface area (Å²) in [6, 6.07) is 3.06. The van der Waals surface area contributed by atoms with Crippen molar-refractivity contribution in [3.63, 3.8) is 0 Å². The highest BCUT2D eigenvalue weighted by molar-refractivity contribution is 5.10. The molecule has 1 aliphatic rings. The third-order valence-corrected chi connectivity index (χ3v) is 3.95. The number of nitrogens with one attached hydrogen (secondary N) is 1. The summed E-state index contributed by atoms with van der Waals surface area (Å²) in [4.78, 5) is 0. The van der Waals surface area contributed by atoms with Gasteiger partial charge in [-0.05, 0) is 57.6 Å². The smallest absolute Gasteiger partial charge is 0.0596 e. The van der Waals surface area contributed by atoms with Gasteiger partial charge >= 0.3 is 0 Å². The molecule has 1 saturated carbocycles. The van der Waals surface area contributed by atoms with Crippen LogP contribution in [0.25, 0.3) is 0 Å². The highest BCUT2D eigenvalue weighted by atomic mass is 15.3. The molecule has 0 radical (unpaired) electrons. The van der Waals surface area contributed by atoms with Crippen molar-refractivity contribution in [1.29, 1.82) is 0 Å². The number of aryl methyl sites for hydroxylation is 2. The largest absolute Gasteiger partial charge is 0.314 e. The van der Waals surface area contributed by atoms with Gasteiger partial charge in [-0.3, -0.25) is 4.68 Å². The van der Waals surface area contributed by atoms with Crippen LogP contribution in [0.4, 0.5) is 0 Å². The summed E-state index contributed by atoms with van der Waals surface area (Å²) in [5.74, 6) is 1.43. The van der Waals surface area contributed by atoms with Crippen LogP contribution in [-0.4, -0.2) is 22.4 Å². The molecule has 0 amide bonds. The maximum atomic E-state index is 4.55. The summed E-state index contributed by atoms with van der Waals surface area (Å²) < 4.78 is 2.15. The van der Waals surface area contributed by atoms with Crippen molar-refractivity contribution in [1.82, 2.24) is 15.1 Å². The van der Waals surface area contributed by atoms with Gasteiger partial charge in [0, 0.05) is 18.3 Å². The molecule has 1 atom stereocenters. The van der Waals surface area contributed by atoms with Gasteiger partial charge in [-0.1, -0.05) is 13.8 Å². The van der Waals surface area contributed by atoms with Crippen molar-refractivity contribution in [2.45, 2.75) is 59.5 Å². The molecule has 2 rings (SSSR count). The van der Waals surface area contributed by atoms with Crippen molar-refractivity contribution in [2.24, 2.45) is 11.8 Å². The highest BCUT2D eigenvalue weighted by Gasteiger charge is 2.23. The molecule has 3 heteroatoms. The van der Waals surface area contributed by atoms with E-state index in [2.05, 4.69) is 48.9 Å². The van der Waals surface area contributed by atoms with Gasteiger partial charge in [0.15, 0.2) is 0 Å². The lowest BCUT2D eigenvalue weighted by atomic mass is 9.91. The fraction of sp³-hybridized carbons (Fsp3) is 0.800. The average Bonchev–Trinajstić information content (AvgIpc) is 3.07. The summed E-state index contributed by atoms with van der Waals surface area (Å²) in [7, 11) is 0. The molecule has 1 heterocycles. The van der Waals surface area contributed by atoms with Crippen molar-refractivity contribution < 1.29 is 0 Å². The lowest BCUT2D eigenvalue weighted by Crippen LogP contribution is -2.29. The summed E-state index contributed by atoms with van der Waals surface area (Å²) in [6.45, 7) is 11.0. The predicted octanol–water partition coefficient (Wildman–Crippen LogP) is 2.78. The van der Waals surface area contributed by atoms with Gasteiger partial charge in [-0.25, -0.2) is 0 Å². The Bertz CT molecular complexity index is 377. The Morgan fingerprint density at radius 3 is 2.72 bits per heavy atom. The van der Waals surface area contributed by atoms with E-state index in [1.54, 1.807) is 0 Å². The van der Waals surface area contributed by atoms with Gasteiger partial charge in [0.25, 0.3) is 0 Å². The molecule has 1 aromatic rings. The monoisotopic (exact) mass is 249 g/mol. The van der Waals surface area contributed by atoms with Crippen LogP contribution < -0.4 is 5.32 Å². The maximum Gasteiger partial charge on any atom is 0.0596 e. The first-order valence-electron chi connectivity index (χ1n) is 7.36. The molecule has 0 bridgehead atoms. The normalized spacial score (nSPS) is 17.4. The summed E-state index contributed by atoms with van der Waals surface area (Å²) >= 11 is 0. The van der Waals surface area contributed by atoms with Crippen molar-refractivity contribution in [3.05, 3.63) is 17.5 Å². The van der Waals surface area contributed by atoms with Crippen LogP contribution in [0.5, 0.6) is 0 Å². The average molecular weight is 249 g/mol. The lowest BCUT2D eigenvalue weighted by Gasteiger charge is -2.21. The number of rotatable bonds is 7. The molecule has 18 heavy (non-hydrogen) atoms. The number of nitrogens with zero attached hydrogens (tertiary/aromatic N) is 2. The van der Waals surface area contributed by atoms with Crippen LogP contribution >= 0.6 is 0 Å². The van der Waals surface area contributed by atoms with E-state index in [-0.39, 0.29) is 0 Å². The SMILES string of the molecule is CCn1nc(C)cc1CC(CNC1CC1)C(C)C. The second-order valence-electron chi connectivity index (χ2n) is 5.98. The van der Waals surface area contributed by atoms with Crippen LogP contribution in [0, 0.1) is 18.8 Å². The molecule has 1 aromatic heterocycles. The van der Waals surface area contributed by atoms with E-state index in [0.29, 0.717) is 5.92 Å². The molecular formula is C15H27N3.